The van der Waals surface area contributed by atoms with Gasteiger partial charge in [0.1, 0.15) is 11.5 Å². The molecule has 5 rings (SSSR count). The van der Waals surface area contributed by atoms with Crippen LogP contribution in [0.1, 0.15) is 47.9 Å². The second kappa shape index (κ2) is 11.6. The van der Waals surface area contributed by atoms with Gasteiger partial charge in [0.15, 0.2) is 0 Å². The molecule has 4 nitrogen and oxygen atoms in total. The van der Waals surface area contributed by atoms with Gasteiger partial charge in [-0.05, 0) is 83.3 Å². The Morgan fingerprint density at radius 3 is 1.30 bits per heavy atom. The second-order valence-corrected chi connectivity index (χ2v) is 9.45. The molecule has 4 aromatic rings. The van der Waals surface area contributed by atoms with Gasteiger partial charge in [-0.25, -0.2) is 0 Å². The lowest BCUT2D eigenvalue weighted by Crippen LogP contribution is -2.28. The van der Waals surface area contributed by atoms with E-state index in [0.29, 0.717) is 13.2 Å². The largest absolute Gasteiger partial charge is 0.494 e. The summed E-state index contributed by atoms with van der Waals surface area (Å²) in [6.45, 7) is 1.57. The highest BCUT2D eigenvalue weighted by Crippen LogP contribution is 2.56. The van der Waals surface area contributed by atoms with Crippen molar-refractivity contribution >= 4 is 0 Å². The minimum Gasteiger partial charge on any atom is -0.494 e. The molecular formula is C33H34O4. The first-order chi connectivity index (χ1) is 18.3. The fraction of sp³-hybridized carbons (Fsp3) is 0.273. The maximum absolute atomic E-state index is 9.03. The van der Waals surface area contributed by atoms with E-state index in [4.69, 9.17) is 19.7 Å². The Kier molecular flexibility index (Phi) is 7.88. The Morgan fingerprint density at radius 2 is 0.892 bits per heavy atom. The quantitative estimate of drug-likeness (QED) is 0.198. The van der Waals surface area contributed by atoms with Crippen LogP contribution in [0.15, 0.2) is 97.1 Å². The van der Waals surface area contributed by atoms with Crippen LogP contribution >= 0.6 is 0 Å². The lowest BCUT2D eigenvalue weighted by Gasteiger charge is -2.34. The van der Waals surface area contributed by atoms with E-state index in [0.717, 1.165) is 37.2 Å². The van der Waals surface area contributed by atoms with Crippen LogP contribution in [0.5, 0.6) is 11.5 Å². The average Bonchev–Trinajstić information content (AvgIpc) is 3.25. The molecule has 1 aliphatic carbocycles. The first kappa shape index (κ1) is 25.1. The van der Waals surface area contributed by atoms with Crippen LogP contribution in [0.4, 0.5) is 0 Å². The number of hydrogen-bond acceptors (Lipinski definition) is 4. The van der Waals surface area contributed by atoms with E-state index in [-0.39, 0.29) is 13.2 Å². The Hall–Kier alpha value is -3.60. The third kappa shape index (κ3) is 4.87. The van der Waals surface area contributed by atoms with Gasteiger partial charge in [0, 0.05) is 13.2 Å². The predicted molar refractivity (Wildman–Crippen MR) is 147 cm³/mol. The highest BCUT2D eigenvalue weighted by atomic mass is 16.5. The van der Waals surface area contributed by atoms with Crippen LogP contribution in [0.2, 0.25) is 0 Å². The van der Waals surface area contributed by atoms with Crippen LogP contribution in [0, 0.1) is 0 Å². The zero-order valence-electron chi connectivity index (χ0n) is 21.1. The maximum atomic E-state index is 9.03. The molecular weight excluding hydrogens is 460 g/mol. The molecule has 0 bridgehead atoms. The molecule has 0 saturated heterocycles. The Balaban J connectivity index is 1.57. The van der Waals surface area contributed by atoms with Gasteiger partial charge in [0.2, 0.25) is 0 Å². The lowest BCUT2D eigenvalue weighted by molar-refractivity contribution is 0.253. The van der Waals surface area contributed by atoms with E-state index in [1.807, 2.05) is 0 Å². The van der Waals surface area contributed by atoms with Crippen LogP contribution in [0.25, 0.3) is 11.1 Å². The van der Waals surface area contributed by atoms with Crippen LogP contribution in [0.3, 0.4) is 0 Å². The van der Waals surface area contributed by atoms with Gasteiger partial charge in [0.05, 0.1) is 18.6 Å². The standard InChI is InChI=1S/C33H34O4/c34-21-5-7-23-36-27-17-13-25(14-18-27)33(26-15-19-28(20-16-26)37-24-8-6-22-35)31-11-3-1-9-29(31)30-10-2-4-12-32(30)33/h1-4,9-20,34-35H,5-8,21-24H2. The SMILES string of the molecule is OCCCCOc1ccc(C2(c3ccc(OCCCCO)cc3)c3ccccc3-c3ccccc32)cc1. The first-order valence-electron chi connectivity index (χ1n) is 13.2. The van der Waals surface area contributed by atoms with Crippen LogP contribution in [-0.4, -0.2) is 36.6 Å². The van der Waals surface area contributed by atoms with Crippen molar-refractivity contribution in [2.75, 3.05) is 26.4 Å². The fourth-order valence-electron chi connectivity index (χ4n) is 5.43. The molecule has 0 fully saturated rings. The first-order valence-corrected chi connectivity index (χ1v) is 13.2. The summed E-state index contributed by atoms with van der Waals surface area (Å²) in [6.07, 6.45) is 3.15. The molecule has 0 aliphatic heterocycles. The molecule has 2 N–H and O–H groups in total. The molecule has 0 amide bonds. The molecule has 0 unspecified atom stereocenters. The van der Waals surface area contributed by atoms with Gasteiger partial charge in [0.25, 0.3) is 0 Å². The van der Waals surface area contributed by atoms with Crippen molar-refractivity contribution in [2.45, 2.75) is 31.1 Å². The van der Waals surface area contributed by atoms with Gasteiger partial charge in [-0.1, -0.05) is 72.8 Å². The van der Waals surface area contributed by atoms with Crippen molar-refractivity contribution in [1.82, 2.24) is 0 Å². The van der Waals surface area contributed by atoms with Crippen molar-refractivity contribution < 1.29 is 19.7 Å². The Morgan fingerprint density at radius 1 is 0.486 bits per heavy atom. The molecule has 0 radical (unpaired) electrons. The van der Waals surface area contributed by atoms with E-state index in [9.17, 15) is 0 Å². The maximum Gasteiger partial charge on any atom is 0.119 e. The summed E-state index contributed by atoms with van der Waals surface area (Å²) in [6, 6.07) is 34.3. The molecule has 0 saturated carbocycles. The van der Waals surface area contributed by atoms with Gasteiger partial charge in [-0.2, -0.15) is 0 Å². The molecule has 0 aromatic heterocycles. The zero-order chi connectivity index (χ0) is 25.5. The van der Waals surface area contributed by atoms with Crippen molar-refractivity contribution in [1.29, 1.82) is 0 Å². The van der Waals surface area contributed by atoms with Crippen molar-refractivity contribution in [3.05, 3.63) is 119 Å². The van der Waals surface area contributed by atoms with E-state index >= 15 is 0 Å². The van der Waals surface area contributed by atoms with E-state index in [1.165, 1.54) is 33.4 Å². The third-order valence-corrected chi connectivity index (χ3v) is 7.17. The summed E-state index contributed by atoms with van der Waals surface area (Å²) in [5.74, 6) is 1.67. The predicted octanol–water partition coefficient (Wildman–Crippen LogP) is 6.35. The topological polar surface area (TPSA) is 58.9 Å². The fourth-order valence-corrected chi connectivity index (χ4v) is 5.43. The molecule has 4 aromatic carbocycles. The highest BCUT2D eigenvalue weighted by Gasteiger charge is 2.45. The molecule has 0 spiro atoms. The molecule has 4 heteroatoms. The highest BCUT2D eigenvalue weighted by molar-refractivity contribution is 5.86. The smallest absolute Gasteiger partial charge is 0.119 e. The summed E-state index contributed by atoms with van der Waals surface area (Å²) in [7, 11) is 0. The lowest BCUT2D eigenvalue weighted by atomic mass is 9.68. The van der Waals surface area contributed by atoms with Gasteiger partial charge in [-0.15, -0.1) is 0 Å². The number of benzene rings is 4. The van der Waals surface area contributed by atoms with Crippen molar-refractivity contribution in [3.63, 3.8) is 0 Å². The van der Waals surface area contributed by atoms with Gasteiger partial charge < -0.3 is 19.7 Å². The molecule has 190 valence electrons. The summed E-state index contributed by atoms with van der Waals surface area (Å²) in [5.41, 5.74) is 6.96. The third-order valence-electron chi connectivity index (χ3n) is 7.17. The second-order valence-electron chi connectivity index (χ2n) is 9.45. The summed E-state index contributed by atoms with van der Waals surface area (Å²) >= 11 is 0. The van der Waals surface area contributed by atoms with E-state index in [2.05, 4.69) is 97.1 Å². The monoisotopic (exact) mass is 494 g/mol. The summed E-state index contributed by atoms with van der Waals surface area (Å²) in [4.78, 5) is 0. The van der Waals surface area contributed by atoms with Crippen LogP contribution < -0.4 is 9.47 Å². The van der Waals surface area contributed by atoms with Gasteiger partial charge in [-0.3, -0.25) is 0 Å². The van der Waals surface area contributed by atoms with Crippen LogP contribution in [-0.2, 0) is 5.41 Å². The minimum atomic E-state index is -0.460. The van der Waals surface area contributed by atoms with E-state index < -0.39 is 5.41 Å². The number of fused-ring (bicyclic) bond motifs is 3. The normalized spacial score (nSPS) is 13.1. The van der Waals surface area contributed by atoms with E-state index in [1.54, 1.807) is 0 Å². The molecule has 37 heavy (non-hydrogen) atoms. The number of unbranched alkanes of at least 4 members (excludes halogenated alkanes) is 2. The molecule has 1 aliphatic rings. The Labute approximate surface area is 219 Å². The summed E-state index contributed by atoms with van der Waals surface area (Å²) < 4.78 is 11.9. The molecule has 0 atom stereocenters. The van der Waals surface area contributed by atoms with Gasteiger partial charge >= 0.3 is 0 Å². The van der Waals surface area contributed by atoms with Crippen molar-refractivity contribution in [3.8, 4) is 22.6 Å². The average molecular weight is 495 g/mol. The minimum absolute atomic E-state index is 0.191. The summed E-state index contributed by atoms with van der Waals surface area (Å²) in [5, 5.41) is 18.1. The number of ether oxygens (including phenoxy) is 2. The number of aliphatic hydroxyl groups is 2. The zero-order valence-corrected chi connectivity index (χ0v) is 21.1. The number of rotatable bonds is 12. The Bertz CT molecular complexity index is 1190. The number of aliphatic hydroxyl groups excluding tert-OH is 2. The molecule has 0 heterocycles. The number of hydrogen-bond donors (Lipinski definition) is 2. The van der Waals surface area contributed by atoms with Crippen molar-refractivity contribution in [2.24, 2.45) is 0 Å².